The van der Waals surface area contributed by atoms with Crippen LogP contribution in [0.2, 0.25) is 0 Å². The van der Waals surface area contributed by atoms with Crippen LogP contribution in [0.1, 0.15) is 26.3 Å². The maximum atomic E-state index is 12.6. The van der Waals surface area contributed by atoms with E-state index in [0.29, 0.717) is 0 Å². The van der Waals surface area contributed by atoms with Crippen LogP contribution in [0, 0.1) is 6.92 Å². The van der Waals surface area contributed by atoms with Gasteiger partial charge >= 0.3 is 0 Å². The first kappa shape index (κ1) is 12.3. The third kappa shape index (κ3) is 2.27. The highest BCUT2D eigenvalue weighted by Gasteiger charge is 2.24. The van der Waals surface area contributed by atoms with Crippen LogP contribution in [0.15, 0.2) is 41.3 Å². The number of rotatable bonds is 1. The van der Waals surface area contributed by atoms with Gasteiger partial charge in [0.2, 0.25) is 0 Å². The third-order valence-electron chi connectivity index (χ3n) is 2.82. The van der Waals surface area contributed by atoms with Gasteiger partial charge in [0, 0.05) is 4.75 Å². The average molecular weight is 246 g/mol. The van der Waals surface area contributed by atoms with Crippen LogP contribution in [-0.4, -0.2) is 8.96 Å². The van der Waals surface area contributed by atoms with E-state index in [2.05, 4.69) is 24.3 Å². The fourth-order valence-corrected chi connectivity index (χ4v) is 3.26. The number of aryl methyl sites for hydroxylation is 1. The van der Waals surface area contributed by atoms with Crippen LogP contribution in [0.4, 0.5) is 0 Å². The van der Waals surface area contributed by atoms with Gasteiger partial charge in [-0.25, -0.2) is 0 Å². The van der Waals surface area contributed by atoms with E-state index in [9.17, 15) is 4.21 Å². The number of hydrogen-bond acceptors (Lipinski definition) is 1. The molecule has 0 saturated heterocycles. The predicted molar refractivity (Wildman–Crippen MR) is 74.8 cm³/mol. The van der Waals surface area contributed by atoms with Gasteiger partial charge in [0.15, 0.2) is 0 Å². The molecule has 17 heavy (non-hydrogen) atoms. The van der Waals surface area contributed by atoms with Gasteiger partial charge in [-0.15, -0.1) is 0 Å². The Kier molecular flexibility index (Phi) is 3.09. The topological polar surface area (TPSA) is 17.1 Å². The summed E-state index contributed by atoms with van der Waals surface area (Å²) < 4.78 is 12.4. The molecule has 0 heterocycles. The average Bonchev–Trinajstić information content (AvgIpc) is 2.27. The van der Waals surface area contributed by atoms with Gasteiger partial charge in [-0.3, -0.25) is 4.21 Å². The number of fused-ring (bicyclic) bond motifs is 1. The second-order valence-corrected chi connectivity index (χ2v) is 7.48. The lowest BCUT2D eigenvalue weighted by molar-refractivity contribution is 0.649. The molecule has 90 valence electrons. The van der Waals surface area contributed by atoms with Crippen molar-refractivity contribution in [2.75, 3.05) is 0 Å². The fourth-order valence-electron chi connectivity index (χ4n) is 1.90. The van der Waals surface area contributed by atoms with Gasteiger partial charge < -0.3 is 0 Å². The zero-order valence-corrected chi connectivity index (χ0v) is 11.6. The van der Waals surface area contributed by atoms with Gasteiger partial charge in [0.05, 0.1) is 15.7 Å². The SMILES string of the molecule is Cc1ccc2ccccc2c1S(=O)C(C)(C)C. The van der Waals surface area contributed by atoms with Crippen molar-refractivity contribution in [2.24, 2.45) is 0 Å². The van der Waals surface area contributed by atoms with Crippen LogP contribution >= 0.6 is 0 Å². The maximum Gasteiger partial charge on any atom is 0.0592 e. The normalized spacial score (nSPS) is 13.9. The van der Waals surface area contributed by atoms with Gasteiger partial charge in [-0.05, 0) is 44.0 Å². The van der Waals surface area contributed by atoms with E-state index in [1.807, 2.05) is 39.8 Å². The van der Waals surface area contributed by atoms with E-state index in [-0.39, 0.29) is 4.75 Å². The van der Waals surface area contributed by atoms with Crippen LogP contribution in [0.3, 0.4) is 0 Å². The molecule has 1 atom stereocenters. The molecule has 2 aromatic rings. The highest BCUT2D eigenvalue weighted by atomic mass is 32.2. The fraction of sp³-hybridized carbons (Fsp3) is 0.333. The van der Waals surface area contributed by atoms with Crippen LogP contribution in [-0.2, 0) is 10.8 Å². The summed E-state index contributed by atoms with van der Waals surface area (Å²) in [7, 11) is -0.987. The Labute approximate surface area is 105 Å². The Bertz CT molecular complexity index is 579. The molecule has 1 unspecified atom stereocenters. The van der Waals surface area contributed by atoms with Gasteiger partial charge in [-0.1, -0.05) is 36.4 Å². The van der Waals surface area contributed by atoms with Crippen molar-refractivity contribution in [1.82, 2.24) is 0 Å². The molecule has 1 nitrogen and oxygen atoms in total. The first-order valence-electron chi connectivity index (χ1n) is 5.81. The molecule has 2 heteroatoms. The van der Waals surface area contributed by atoms with Crippen LogP contribution < -0.4 is 0 Å². The summed E-state index contributed by atoms with van der Waals surface area (Å²) in [4.78, 5) is 0.982. The molecule has 0 aromatic heterocycles. The van der Waals surface area contributed by atoms with Gasteiger partial charge in [0.25, 0.3) is 0 Å². The standard InChI is InChI=1S/C15H18OS/c1-11-9-10-12-7-5-6-8-13(12)14(11)17(16)15(2,3)4/h5-10H,1-4H3. The van der Waals surface area contributed by atoms with Crippen molar-refractivity contribution in [3.8, 4) is 0 Å². The van der Waals surface area contributed by atoms with Crippen molar-refractivity contribution >= 4 is 21.6 Å². The Morgan fingerprint density at radius 1 is 1.00 bits per heavy atom. The molecule has 0 bridgehead atoms. The first-order chi connectivity index (χ1) is 7.91. The Morgan fingerprint density at radius 3 is 2.29 bits per heavy atom. The summed E-state index contributed by atoms with van der Waals surface area (Å²) in [6.07, 6.45) is 0. The Morgan fingerprint density at radius 2 is 1.65 bits per heavy atom. The molecule has 0 amide bonds. The molecular formula is C15H18OS. The lowest BCUT2D eigenvalue weighted by Gasteiger charge is -2.20. The monoisotopic (exact) mass is 246 g/mol. The van der Waals surface area contributed by atoms with Gasteiger partial charge in [-0.2, -0.15) is 0 Å². The van der Waals surface area contributed by atoms with Crippen molar-refractivity contribution in [2.45, 2.75) is 37.3 Å². The lowest BCUT2D eigenvalue weighted by Crippen LogP contribution is -2.22. The minimum atomic E-state index is -0.987. The lowest BCUT2D eigenvalue weighted by atomic mass is 10.1. The Balaban J connectivity index is 2.76. The predicted octanol–water partition coefficient (Wildman–Crippen LogP) is 4.05. The molecule has 0 spiro atoms. The van der Waals surface area contributed by atoms with Gasteiger partial charge in [0.1, 0.15) is 0 Å². The molecule has 0 radical (unpaired) electrons. The summed E-state index contributed by atoms with van der Waals surface area (Å²) in [5, 5.41) is 2.27. The summed E-state index contributed by atoms with van der Waals surface area (Å²) in [5.74, 6) is 0. The van der Waals surface area contributed by atoms with Crippen molar-refractivity contribution in [3.05, 3.63) is 42.0 Å². The molecule has 0 fully saturated rings. The highest BCUT2D eigenvalue weighted by molar-refractivity contribution is 7.86. The molecule has 2 rings (SSSR count). The summed E-state index contributed by atoms with van der Waals surface area (Å²) in [6.45, 7) is 8.09. The second kappa shape index (κ2) is 4.26. The second-order valence-electron chi connectivity index (χ2n) is 5.31. The zero-order chi connectivity index (χ0) is 12.6. The summed E-state index contributed by atoms with van der Waals surface area (Å²) >= 11 is 0. The molecule has 0 saturated carbocycles. The molecular weight excluding hydrogens is 228 g/mol. The largest absolute Gasteiger partial charge is 0.254 e. The van der Waals surface area contributed by atoms with Crippen molar-refractivity contribution in [1.29, 1.82) is 0 Å². The van der Waals surface area contributed by atoms with Crippen LogP contribution in [0.25, 0.3) is 10.8 Å². The first-order valence-corrected chi connectivity index (χ1v) is 6.96. The van der Waals surface area contributed by atoms with Crippen molar-refractivity contribution < 1.29 is 4.21 Å². The van der Waals surface area contributed by atoms with Crippen molar-refractivity contribution in [3.63, 3.8) is 0 Å². The minimum Gasteiger partial charge on any atom is -0.254 e. The third-order valence-corrected chi connectivity index (χ3v) is 4.84. The molecule has 0 N–H and O–H groups in total. The zero-order valence-electron chi connectivity index (χ0n) is 10.8. The van der Waals surface area contributed by atoms with E-state index in [4.69, 9.17) is 0 Å². The Hall–Kier alpha value is -1.15. The van der Waals surface area contributed by atoms with Crippen LogP contribution in [0.5, 0.6) is 0 Å². The van der Waals surface area contributed by atoms with E-state index >= 15 is 0 Å². The number of hydrogen-bond donors (Lipinski definition) is 0. The quantitative estimate of drug-likeness (QED) is 0.741. The summed E-state index contributed by atoms with van der Waals surface area (Å²) in [5.41, 5.74) is 1.11. The molecule has 2 aromatic carbocycles. The molecule has 0 aliphatic rings. The summed E-state index contributed by atoms with van der Waals surface area (Å²) in [6, 6.07) is 12.3. The minimum absolute atomic E-state index is 0.227. The maximum absolute atomic E-state index is 12.6. The molecule has 0 aliphatic carbocycles. The smallest absolute Gasteiger partial charge is 0.0592 e. The van der Waals surface area contributed by atoms with E-state index in [1.54, 1.807) is 0 Å². The highest BCUT2D eigenvalue weighted by Crippen LogP contribution is 2.30. The number of benzene rings is 2. The van der Waals surface area contributed by atoms with E-state index in [0.717, 1.165) is 21.2 Å². The van der Waals surface area contributed by atoms with E-state index in [1.165, 1.54) is 0 Å². The van der Waals surface area contributed by atoms with E-state index < -0.39 is 10.8 Å². The molecule has 0 aliphatic heterocycles.